The Morgan fingerprint density at radius 3 is 2.68 bits per heavy atom. The summed E-state index contributed by atoms with van der Waals surface area (Å²) in [5, 5.41) is 21.8. The number of hydrogen-bond acceptors (Lipinski definition) is 6. The van der Waals surface area contributed by atoms with Gasteiger partial charge < -0.3 is 9.09 Å². The molecule has 7 nitrogen and oxygen atoms in total. The van der Waals surface area contributed by atoms with Gasteiger partial charge in [-0.3, -0.25) is 0 Å². The maximum absolute atomic E-state index is 9.08. The molecule has 0 amide bonds. The van der Waals surface area contributed by atoms with Crippen LogP contribution in [0.1, 0.15) is 42.3 Å². The zero-order valence-corrected chi connectivity index (χ0v) is 10.7. The number of aromatic nitrogens is 4. The number of imidazole rings is 1. The van der Waals surface area contributed by atoms with Gasteiger partial charge in [0.05, 0.1) is 0 Å². The van der Waals surface area contributed by atoms with E-state index < -0.39 is 0 Å². The Morgan fingerprint density at radius 2 is 2.05 bits per heavy atom. The van der Waals surface area contributed by atoms with Crippen LogP contribution in [-0.4, -0.2) is 19.7 Å². The summed E-state index contributed by atoms with van der Waals surface area (Å²) in [6, 6.07) is 3.87. The lowest BCUT2D eigenvalue weighted by Gasteiger charge is -2.01. The number of nitriles is 2. The van der Waals surface area contributed by atoms with Gasteiger partial charge in [-0.25, -0.2) is 4.98 Å². The fourth-order valence-corrected chi connectivity index (χ4v) is 1.76. The highest BCUT2D eigenvalue weighted by molar-refractivity contribution is 5.38. The highest BCUT2D eigenvalue weighted by Gasteiger charge is 2.16. The average molecular weight is 256 g/mol. The van der Waals surface area contributed by atoms with Crippen molar-refractivity contribution in [1.82, 2.24) is 19.7 Å². The molecule has 0 saturated heterocycles. The zero-order valence-electron chi connectivity index (χ0n) is 10.7. The number of aryl methyl sites for hydroxylation is 2. The van der Waals surface area contributed by atoms with Crippen LogP contribution < -0.4 is 0 Å². The van der Waals surface area contributed by atoms with Crippen LogP contribution in [0.25, 0.3) is 0 Å². The number of nitrogens with zero attached hydrogens (tertiary/aromatic N) is 6. The molecule has 0 N–H and O–H groups in total. The fourth-order valence-electron chi connectivity index (χ4n) is 1.76. The molecule has 0 unspecified atom stereocenters. The normalized spacial score (nSPS) is 10.1. The van der Waals surface area contributed by atoms with Gasteiger partial charge in [0.25, 0.3) is 0 Å². The van der Waals surface area contributed by atoms with E-state index in [-0.39, 0.29) is 17.9 Å². The average Bonchev–Trinajstić information content (AvgIpc) is 2.96. The molecule has 0 atom stereocenters. The van der Waals surface area contributed by atoms with Crippen molar-refractivity contribution < 1.29 is 4.52 Å². The summed E-state index contributed by atoms with van der Waals surface area (Å²) in [5.41, 5.74) is 0.337. The Bertz CT molecular complexity index is 669. The molecule has 2 aromatic heterocycles. The lowest BCUT2D eigenvalue weighted by Crippen LogP contribution is -2.05. The molecule has 2 heterocycles. The van der Waals surface area contributed by atoms with Crippen molar-refractivity contribution in [2.75, 3.05) is 0 Å². The molecule has 19 heavy (non-hydrogen) atoms. The third-order valence-electron chi connectivity index (χ3n) is 2.65. The first-order chi connectivity index (χ1) is 9.19. The van der Waals surface area contributed by atoms with Crippen LogP contribution in [0, 0.1) is 29.6 Å². The molecule has 2 aromatic rings. The van der Waals surface area contributed by atoms with Crippen molar-refractivity contribution in [3.8, 4) is 12.1 Å². The molecule has 0 aliphatic rings. The Labute approximate surface area is 110 Å². The van der Waals surface area contributed by atoms with Gasteiger partial charge in [0.2, 0.25) is 5.89 Å². The van der Waals surface area contributed by atoms with Gasteiger partial charge in [-0.2, -0.15) is 15.5 Å². The Kier molecular flexibility index (Phi) is 3.58. The van der Waals surface area contributed by atoms with Crippen LogP contribution in [0.5, 0.6) is 0 Å². The first kappa shape index (κ1) is 12.8. The van der Waals surface area contributed by atoms with Gasteiger partial charge in [0.1, 0.15) is 24.5 Å². The summed E-state index contributed by atoms with van der Waals surface area (Å²) in [4.78, 5) is 8.26. The molecule has 0 aliphatic heterocycles. The van der Waals surface area contributed by atoms with Crippen LogP contribution in [0.15, 0.2) is 4.52 Å². The van der Waals surface area contributed by atoms with Gasteiger partial charge in [-0.15, -0.1) is 0 Å². The Hall–Kier alpha value is -2.67. The molecule has 0 fully saturated rings. The van der Waals surface area contributed by atoms with Crippen molar-refractivity contribution in [3.63, 3.8) is 0 Å². The SMILES string of the molecule is CCCc1noc(Cn2c(C)nc(C#N)c2C#N)n1. The van der Waals surface area contributed by atoms with E-state index in [0.29, 0.717) is 17.5 Å². The maximum atomic E-state index is 9.08. The van der Waals surface area contributed by atoms with Gasteiger partial charge in [0.15, 0.2) is 17.2 Å². The molecule has 0 saturated carbocycles. The zero-order chi connectivity index (χ0) is 13.8. The molecule has 7 heteroatoms. The lowest BCUT2D eigenvalue weighted by atomic mass is 10.3. The van der Waals surface area contributed by atoms with Crippen molar-refractivity contribution in [1.29, 1.82) is 10.5 Å². The Morgan fingerprint density at radius 1 is 1.26 bits per heavy atom. The summed E-state index contributed by atoms with van der Waals surface area (Å²) in [6.45, 7) is 4.01. The van der Waals surface area contributed by atoms with Crippen molar-refractivity contribution in [2.24, 2.45) is 0 Å². The summed E-state index contributed by atoms with van der Waals surface area (Å²) in [6.07, 6.45) is 1.69. The molecular weight excluding hydrogens is 244 g/mol. The Balaban J connectivity index is 2.30. The highest BCUT2D eigenvalue weighted by Crippen LogP contribution is 2.12. The second-order valence-corrected chi connectivity index (χ2v) is 4.02. The largest absolute Gasteiger partial charge is 0.337 e. The van der Waals surface area contributed by atoms with Gasteiger partial charge >= 0.3 is 0 Å². The molecule has 0 bridgehead atoms. The van der Waals surface area contributed by atoms with E-state index in [9.17, 15) is 0 Å². The molecule has 0 aromatic carbocycles. The monoisotopic (exact) mass is 256 g/mol. The first-order valence-corrected chi connectivity index (χ1v) is 5.88. The van der Waals surface area contributed by atoms with Crippen LogP contribution >= 0.6 is 0 Å². The predicted octanol–water partition coefficient (Wildman–Crippen LogP) is 1.32. The third-order valence-corrected chi connectivity index (χ3v) is 2.65. The summed E-state index contributed by atoms with van der Waals surface area (Å²) in [7, 11) is 0. The maximum Gasteiger partial charge on any atom is 0.246 e. The van der Waals surface area contributed by atoms with Crippen LogP contribution in [0.2, 0.25) is 0 Å². The van der Waals surface area contributed by atoms with Crippen molar-refractivity contribution in [3.05, 3.63) is 28.9 Å². The van der Waals surface area contributed by atoms with E-state index in [2.05, 4.69) is 15.1 Å². The second-order valence-electron chi connectivity index (χ2n) is 4.02. The van der Waals surface area contributed by atoms with E-state index in [1.807, 2.05) is 19.1 Å². The topological polar surface area (TPSA) is 104 Å². The van der Waals surface area contributed by atoms with E-state index in [1.165, 1.54) is 0 Å². The minimum absolute atomic E-state index is 0.119. The van der Waals surface area contributed by atoms with E-state index in [1.54, 1.807) is 11.5 Å². The fraction of sp³-hybridized carbons (Fsp3) is 0.417. The third kappa shape index (κ3) is 2.45. The van der Waals surface area contributed by atoms with Crippen LogP contribution in [0.4, 0.5) is 0 Å². The van der Waals surface area contributed by atoms with E-state index in [4.69, 9.17) is 15.0 Å². The van der Waals surface area contributed by atoms with E-state index >= 15 is 0 Å². The first-order valence-electron chi connectivity index (χ1n) is 5.88. The minimum Gasteiger partial charge on any atom is -0.337 e. The van der Waals surface area contributed by atoms with Crippen molar-refractivity contribution in [2.45, 2.75) is 33.2 Å². The van der Waals surface area contributed by atoms with Gasteiger partial charge in [-0.05, 0) is 13.3 Å². The van der Waals surface area contributed by atoms with Gasteiger partial charge in [-0.1, -0.05) is 12.1 Å². The quantitative estimate of drug-likeness (QED) is 0.816. The molecule has 2 rings (SSSR count). The van der Waals surface area contributed by atoms with Crippen LogP contribution in [0.3, 0.4) is 0 Å². The predicted molar refractivity (Wildman–Crippen MR) is 63.8 cm³/mol. The molecular formula is C12H12N6O. The number of hydrogen-bond donors (Lipinski definition) is 0. The van der Waals surface area contributed by atoms with Gasteiger partial charge in [0, 0.05) is 6.42 Å². The standard InChI is InChI=1S/C12H12N6O/c1-3-4-11-16-12(19-17-11)7-18-8(2)15-9(5-13)10(18)6-14/h3-4,7H2,1-2H3. The summed E-state index contributed by atoms with van der Waals surface area (Å²) in [5.74, 6) is 1.63. The van der Waals surface area contributed by atoms with Crippen LogP contribution in [-0.2, 0) is 13.0 Å². The lowest BCUT2D eigenvalue weighted by molar-refractivity contribution is 0.364. The summed E-state index contributed by atoms with van der Waals surface area (Å²) >= 11 is 0. The van der Waals surface area contributed by atoms with E-state index in [0.717, 1.165) is 12.8 Å². The molecule has 96 valence electrons. The smallest absolute Gasteiger partial charge is 0.246 e. The summed E-state index contributed by atoms with van der Waals surface area (Å²) < 4.78 is 6.72. The highest BCUT2D eigenvalue weighted by atomic mass is 16.5. The minimum atomic E-state index is 0.119. The molecule has 0 aliphatic carbocycles. The molecule has 0 spiro atoms. The second kappa shape index (κ2) is 5.32. The molecule has 0 radical (unpaired) electrons. The number of rotatable bonds is 4. The van der Waals surface area contributed by atoms with Crippen molar-refractivity contribution >= 4 is 0 Å².